The van der Waals surface area contributed by atoms with Crippen LogP contribution in [0, 0.1) is 5.41 Å². The van der Waals surface area contributed by atoms with Gasteiger partial charge in [0, 0.05) is 29.1 Å². The van der Waals surface area contributed by atoms with Crippen LogP contribution in [0.5, 0.6) is 0 Å². The molecule has 8 heteroatoms. The van der Waals surface area contributed by atoms with E-state index in [1.165, 1.54) is 31.0 Å². The number of benzene rings is 2. The summed E-state index contributed by atoms with van der Waals surface area (Å²) < 4.78 is 0. The van der Waals surface area contributed by atoms with E-state index in [2.05, 4.69) is 18.7 Å². The third kappa shape index (κ3) is 5.76. The van der Waals surface area contributed by atoms with Gasteiger partial charge in [-0.1, -0.05) is 31.0 Å². The summed E-state index contributed by atoms with van der Waals surface area (Å²) in [6.45, 7) is 6.26. The van der Waals surface area contributed by atoms with E-state index in [1.807, 2.05) is 12.1 Å². The molecule has 0 bridgehead atoms. The quantitative estimate of drug-likeness (QED) is 0.241. The van der Waals surface area contributed by atoms with Crippen LogP contribution in [0.4, 0.5) is 5.69 Å². The van der Waals surface area contributed by atoms with Crippen LogP contribution in [0.25, 0.3) is 0 Å². The molecule has 3 atom stereocenters. The van der Waals surface area contributed by atoms with Gasteiger partial charge in [-0.25, -0.2) is 4.79 Å². The second-order valence-corrected chi connectivity index (χ2v) is 11.1. The monoisotopic (exact) mass is 508 g/mol. The molecule has 4 N–H and O–H groups in total. The van der Waals surface area contributed by atoms with Crippen molar-refractivity contribution in [1.29, 1.82) is 5.41 Å². The minimum atomic E-state index is -1.00. The molecule has 0 aliphatic carbocycles. The zero-order valence-electron chi connectivity index (χ0n) is 21.1. The molecular formula is C28H36N4O3S. The van der Waals surface area contributed by atoms with Crippen molar-refractivity contribution in [2.24, 2.45) is 5.73 Å². The van der Waals surface area contributed by atoms with E-state index in [0.717, 1.165) is 36.3 Å². The van der Waals surface area contributed by atoms with Crippen LogP contribution in [0.3, 0.4) is 0 Å². The van der Waals surface area contributed by atoms with Gasteiger partial charge in [-0.3, -0.25) is 15.1 Å². The summed E-state index contributed by atoms with van der Waals surface area (Å²) in [4.78, 5) is 30.6. The molecule has 0 aromatic heterocycles. The predicted octanol–water partition coefficient (Wildman–Crippen LogP) is 5.28. The van der Waals surface area contributed by atoms with Gasteiger partial charge in [0.25, 0.3) is 0 Å². The highest BCUT2D eigenvalue weighted by Crippen LogP contribution is 2.47. The fourth-order valence-corrected chi connectivity index (χ4v) is 6.57. The van der Waals surface area contributed by atoms with Gasteiger partial charge in [0.2, 0.25) is 5.91 Å². The summed E-state index contributed by atoms with van der Waals surface area (Å²) in [7, 11) is 0. The van der Waals surface area contributed by atoms with Gasteiger partial charge < -0.3 is 15.7 Å². The Balaban J connectivity index is 1.49. The lowest BCUT2D eigenvalue weighted by atomic mass is 9.97. The van der Waals surface area contributed by atoms with Gasteiger partial charge in [-0.2, -0.15) is 0 Å². The molecule has 0 radical (unpaired) electrons. The van der Waals surface area contributed by atoms with Crippen molar-refractivity contribution in [2.75, 3.05) is 18.0 Å². The highest BCUT2D eigenvalue weighted by Gasteiger charge is 2.35. The van der Waals surface area contributed by atoms with Crippen LogP contribution in [0.15, 0.2) is 47.4 Å². The number of nitrogens with two attached hydrogens (primary N) is 1. The summed E-state index contributed by atoms with van der Waals surface area (Å²) in [5.74, 6) is -1.10. The molecule has 2 aromatic carbocycles. The standard InChI is InChI=1S/C28H36N4O3S/c1-18-8-6-9-19(2)31(18)14-4-3-5-15-32-23-17-22(28(34)35)12-13-24(23)36-25(27(32)33)20-10-7-11-21(16-20)26(29)30/h7,10-13,16-19,25H,3-6,8-9,14-15H2,1-2H3,(H3,29,30)(H,34,35)/t18-,19+,25?. The Hall–Kier alpha value is -2.84. The van der Waals surface area contributed by atoms with Crippen LogP contribution in [0.1, 0.15) is 79.1 Å². The minimum Gasteiger partial charge on any atom is -0.478 e. The molecule has 0 saturated carbocycles. The van der Waals surface area contributed by atoms with E-state index in [9.17, 15) is 14.7 Å². The van der Waals surface area contributed by atoms with Crippen LogP contribution in [-0.2, 0) is 4.79 Å². The molecule has 1 saturated heterocycles. The maximum absolute atomic E-state index is 13.7. The number of hydrogen-bond acceptors (Lipinski definition) is 5. The Morgan fingerprint density at radius 2 is 1.78 bits per heavy atom. The number of rotatable bonds is 9. The number of carboxylic acid groups (broad SMARTS) is 1. The number of nitrogens with zero attached hydrogens (tertiary/aromatic N) is 2. The Morgan fingerprint density at radius 1 is 1.06 bits per heavy atom. The molecule has 4 rings (SSSR count). The van der Waals surface area contributed by atoms with Crippen molar-refractivity contribution in [2.45, 2.75) is 74.6 Å². The van der Waals surface area contributed by atoms with Gasteiger partial charge in [-0.05, 0) is 75.9 Å². The van der Waals surface area contributed by atoms with Gasteiger partial charge >= 0.3 is 5.97 Å². The number of thioether (sulfide) groups is 1. The number of carboxylic acids is 1. The summed E-state index contributed by atoms with van der Waals surface area (Å²) in [5.41, 5.74) is 7.91. The van der Waals surface area contributed by atoms with E-state index in [-0.39, 0.29) is 17.3 Å². The van der Waals surface area contributed by atoms with Gasteiger partial charge in [-0.15, -0.1) is 11.8 Å². The fourth-order valence-electron chi connectivity index (χ4n) is 5.37. The maximum Gasteiger partial charge on any atom is 0.335 e. The third-order valence-electron chi connectivity index (χ3n) is 7.41. The summed E-state index contributed by atoms with van der Waals surface area (Å²) in [6.07, 6.45) is 6.77. The first-order valence-electron chi connectivity index (χ1n) is 12.8. The van der Waals surface area contributed by atoms with Crippen LogP contribution < -0.4 is 10.6 Å². The summed E-state index contributed by atoms with van der Waals surface area (Å²) in [5, 5.41) is 16.8. The van der Waals surface area contributed by atoms with E-state index < -0.39 is 11.2 Å². The molecule has 2 aromatic rings. The number of nitrogens with one attached hydrogen (secondary N) is 1. The van der Waals surface area contributed by atoms with Crippen molar-refractivity contribution in [3.63, 3.8) is 0 Å². The number of amidine groups is 1. The van der Waals surface area contributed by atoms with Crippen molar-refractivity contribution in [3.8, 4) is 0 Å². The van der Waals surface area contributed by atoms with E-state index in [0.29, 0.717) is 29.9 Å². The molecule has 2 aliphatic rings. The predicted molar refractivity (Wildman–Crippen MR) is 145 cm³/mol. The summed E-state index contributed by atoms with van der Waals surface area (Å²) in [6, 6.07) is 13.5. The van der Waals surface area contributed by atoms with Crippen LogP contribution in [0.2, 0.25) is 0 Å². The average molecular weight is 509 g/mol. The lowest BCUT2D eigenvalue weighted by molar-refractivity contribution is -0.118. The van der Waals surface area contributed by atoms with E-state index in [4.69, 9.17) is 11.1 Å². The number of amides is 1. The van der Waals surface area contributed by atoms with E-state index >= 15 is 0 Å². The molecule has 7 nitrogen and oxygen atoms in total. The second kappa shape index (κ2) is 11.5. The topological polar surface area (TPSA) is 111 Å². The number of carbonyl (C=O) groups is 2. The number of likely N-dealkylation sites (tertiary alicyclic amines) is 1. The number of aromatic carboxylic acids is 1. The van der Waals surface area contributed by atoms with Gasteiger partial charge in [0.1, 0.15) is 11.1 Å². The lowest BCUT2D eigenvalue weighted by Gasteiger charge is -2.39. The first-order chi connectivity index (χ1) is 17.3. The molecule has 1 amide bonds. The van der Waals surface area contributed by atoms with Crippen molar-refractivity contribution >= 4 is 35.2 Å². The molecule has 1 fully saturated rings. The van der Waals surface area contributed by atoms with Gasteiger partial charge in [0.05, 0.1) is 11.3 Å². The average Bonchev–Trinajstić information content (AvgIpc) is 2.86. The SMILES string of the molecule is C[C@@H]1CCC[C@H](C)N1CCCCCN1C(=O)C(c2cccc(C(=N)N)c2)Sc2ccc(C(=O)O)cc21. The first-order valence-corrected chi connectivity index (χ1v) is 13.7. The zero-order valence-corrected chi connectivity index (χ0v) is 21.9. The number of carbonyl (C=O) groups excluding carboxylic acids is 1. The third-order valence-corrected chi connectivity index (χ3v) is 8.72. The number of anilines is 1. The molecule has 2 aliphatic heterocycles. The Labute approximate surface area is 217 Å². The Kier molecular flexibility index (Phi) is 8.36. The molecule has 36 heavy (non-hydrogen) atoms. The van der Waals surface area contributed by atoms with E-state index in [1.54, 1.807) is 35.2 Å². The lowest BCUT2D eigenvalue weighted by Crippen LogP contribution is -2.44. The minimum absolute atomic E-state index is 0.0363. The van der Waals surface area contributed by atoms with Crippen molar-refractivity contribution < 1.29 is 14.7 Å². The highest BCUT2D eigenvalue weighted by atomic mass is 32.2. The molecule has 0 spiro atoms. The van der Waals surface area contributed by atoms with Crippen molar-refractivity contribution in [3.05, 3.63) is 59.2 Å². The first kappa shape index (κ1) is 26.2. The number of unbranched alkanes of at least 4 members (excludes halogenated alkanes) is 2. The molecule has 192 valence electrons. The second-order valence-electron chi connectivity index (χ2n) is 9.94. The summed E-state index contributed by atoms with van der Waals surface area (Å²) >= 11 is 1.42. The van der Waals surface area contributed by atoms with Crippen LogP contribution in [-0.4, -0.2) is 52.9 Å². The largest absolute Gasteiger partial charge is 0.478 e. The number of hydrogen-bond donors (Lipinski definition) is 3. The zero-order chi connectivity index (χ0) is 25.8. The number of piperidine rings is 1. The molecule has 1 unspecified atom stereocenters. The maximum atomic E-state index is 13.7. The van der Waals surface area contributed by atoms with Crippen LogP contribution >= 0.6 is 11.8 Å². The number of fused-ring (bicyclic) bond motifs is 1. The Morgan fingerprint density at radius 3 is 2.47 bits per heavy atom. The van der Waals surface area contributed by atoms with Gasteiger partial charge in [0.15, 0.2) is 0 Å². The highest BCUT2D eigenvalue weighted by molar-refractivity contribution is 8.00. The number of nitrogen functional groups attached to an aromatic ring is 1. The molecular weight excluding hydrogens is 472 g/mol. The molecule has 2 heterocycles. The Bertz CT molecular complexity index is 1130. The fraction of sp³-hybridized carbons (Fsp3) is 0.464. The normalized spacial score (nSPS) is 22.3. The van der Waals surface area contributed by atoms with Crippen molar-refractivity contribution in [1.82, 2.24) is 4.90 Å². The smallest absolute Gasteiger partial charge is 0.335 e.